The van der Waals surface area contributed by atoms with Crippen molar-refractivity contribution >= 4 is 72.6 Å². The summed E-state index contributed by atoms with van der Waals surface area (Å²) in [6.07, 6.45) is 3.65. The number of benzene rings is 5. The summed E-state index contributed by atoms with van der Waals surface area (Å²) in [5.41, 5.74) is 6.14. The van der Waals surface area contributed by atoms with Gasteiger partial charge in [0.2, 0.25) is 0 Å². The first-order chi connectivity index (χ1) is 24.9. The average Bonchev–Trinajstić information content (AvgIpc) is 3.10. The molecule has 0 aliphatic carbocycles. The minimum atomic E-state index is -2.17. The van der Waals surface area contributed by atoms with Gasteiger partial charge in [0.25, 0.3) is 16.6 Å². The number of hydrogen-bond donors (Lipinski definition) is 2. The van der Waals surface area contributed by atoms with Gasteiger partial charge in [-0.2, -0.15) is 0 Å². The van der Waals surface area contributed by atoms with Gasteiger partial charge in [-0.25, -0.2) is 0 Å². The lowest BCUT2D eigenvalue weighted by Crippen LogP contribution is -2.43. The summed E-state index contributed by atoms with van der Waals surface area (Å²) < 4.78 is 13.7. The van der Waals surface area contributed by atoms with Gasteiger partial charge in [-0.3, -0.25) is 9.97 Å². The minimum absolute atomic E-state index is 0.0191. The molecular formula is C44H49BN2O4Si2. The highest BCUT2D eigenvalue weighted by Crippen LogP contribution is 2.49. The van der Waals surface area contributed by atoms with Crippen LogP contribution in [0.25, 0.3) is 65.6 Å². The highest BCUT2D eigenvalue weighted by molar-refractivity contribution is 6.75. The van der Waals surface area contributed by atoms with Gasteiger partial charge in [0.05, 0.1) is 0 Å². The highest BCUT2D eigenvalue weighted by atomic mass is 28.4. The van der Waals surface area contributed by atoms with Gasteiger partial charge >= 0.3 is 7.12 Å². The minimum Gasteiger partial charge on any atom is -0.542 e. The Morgan fingerprint density at radius 2 is 0.925 bits per heavy atom. The molecule has 5 aromatic carbocycles. The van der Waals surface area contributed by atoms with Crippen LogP contribution >= 0.6 is 0 Å². The van der Waals surface area contributed by atoms with Crippen molar-refractivity contribution in [2.45, 2.75) is 77.8 Å². The Morgan fingerprint density at radius 3 is 1.36 bits per heavy atom. The Bertz CT molecular complexity index is 2540. The molecule has 0 atom stereocenters. The molecule has 0 amide bonds. The maximum Gasteiger partial charge on any atom is 0.488 e. The zero-order valence-electron chi connectivity index (χ0n) is 32.5. The van der Waals surface area contributed by atoms with Crippen molar-refractivity contribution in [1.82, 2.24) is 9.97 Å². The van der Waals surface area contributed by atoms with E-state index in [4.69, 9.17) is 18.8 Å². The lowest BCUT2D eigenvalue weighted by molar-refractivity contribution is 0.426. The Kier molecular flexibility index (Phi) is 9.09. The van der Waals surface area contributed by atoms with Crippen LogP contribution in [0, 0.1) is 0 Å². The van der Waals surface area contributed by atoms with E-state index in [-0.39, 0.29) is 10.1 Å². The first-order valence-corrected chi connectivity index (χ1v) is 24.2. The van der Waals surface area contributed by atoms with Crippen LogP contribution in [0.1, 0.15) is 41.5 Å². The van der Waals surface area contributed by atoms with Gasteiger partial charge in [0.15, 0.2) is 0 Å². The van der Waals surface area contributed by atoms with Gasteiger partial charge in [-0.1, -0.05) is 96.1 Å². The number of fused-ring (bicyclic) bond motifs is 4. The summed E-state index contributed by atoms with van der Waals surface area (Å²) in [7, 11) is -5.95. The van der Waals surface area contributed by atoms with E-state index < -0.39 is 23.8 Å². The smallest absolute Gasteiger partial charge is 0.488 e. The first-order valence-electron chi connectivity index (χ1n) is 18.4. The molecule has 0 radical (unpaired) electrons. The van der Waals surface area contributed by atoms with E-state index in [2.05, 4.69) is 128 Å². The summed E-state index contributed by atoms with van der Waals surface area (Å²) in [6, 6.07) is 30.8. The molecule has 0 unspecified atom stereocenters. The SMILES string of the molecule is CC(C)(C)[Si](C)(C)Oc1ccc(-c2c3ccccc3c(-c3ccc(O[Si](C)(C)C(C)(C)C)c4ncccc34)c3cc(B(O)O)ccc23)c2cccnc12. The number of hydrogen-bond acceptors (Lipinski definition) is 6. The molecule has 2 heterocycles. The summed E-state index contributed by atoms with van der Waals surface area (Å²) >= 11 is 0. The molecule has 0 aliphatic heterocycles. The van der Waals surface area contributed by atoms with Crippen LogP contribution in [0.3, 0.4) is 0 Å². The topological polar surface area (TPSA) is 84.7 Å². The van der Waals surface area contributed by atoms with E-state index in [0.717, 1.165) is 77.1 Å². The van der Waals surface area contributed by atoms with Crippen molar-refractivity contribution in [2.24, 2.45) is 0 Å². The first kappa shape index (κ1) is 36.8. The lowest BCUT2D eigenvalue weighted by Gasteiger charge is -2.36. The van der Waals surface area contributed by atoms with Gasteiger partial charge in [0.1, 0.15) is 22.5 Å². The molecule has 7 aromatic rings. The molecule has 0 fully saturated rings. The number of rotatable bonds is 7. The van der Waals surface area contributed by atoms with Crippen LogP contribution in [0.5, 0.6) is 11.5 Å². The molecule has 53 heavy (non-hydrogen) atoms. The number of nitrogens with zero attached hydrogens (tertiary/aromatic N) is 2. The summed E-state index contributed by atoms with van der Waals surface area (Å²) in [6.45, 7) is 22.5. The second-order valence-electron chi connectivity index (χ2n) is 17.2. The highest BCUT2D eigenvalue weighted by Gasteiger charge is 2.40. The molecule has 0 spiro atoms. The number of pyridine rings is 2. The molecule has 0 bridgehead atoms. The molecule has 9 heteroatoms. The quantitative estimate of drug-likeness (QED) is 0.125. The zero-order chi connectivity index (χ0) is 38.1. The predicted octanol–water partition coefficient (Wildman–Crippen LogP) is 10.9. The van der Waals surface area contributed by atoms with E-state index >= 15 is 0 Å². The van der Waals surface area contributed by atoms with Gasteiger partial charge in [-0.15, -0.1) is 0 Å². The average molecular weight is 737 g/mol. The predicted molar refractivity (Wildman–Crippen MR) is 228 cm³/mol. The second kappa shape index (κ2) is 13.1. The maximum absolute atomic E-state index is 10.5. The molecular weight excluding hydrogens is 687 g/mol. The van der Waals surface area contributed by atoms with Gasteiger partial charge in [0, 0.05) is 23.2 Å². The van der Waals surface area contributed by atoms with Gasteiger partial charge in [-0.05, 0) is 122 Å². The summed E-state index contributed by atoms with van der Waals surface area (Å²) in [5.74, 6) is 1.58. The van der Waals surface area contributed by atoms with E-state index in [0.29, 0.717) is 5.46 Å². The lowest BCUT2D eigenvalue weighted by atomic mass is 9.76. The van der Waals surface area contributed by atoms with Crippen molar-refractivity contribution in [3.8, 4) is 33.8 Å². The fourth-order valence-electron chi connectivity index (χ4n) is 6.69. The van der Waals surface area contributed by atoms with E-state index in [9.17, 15) is 10.0 Å². The summed E-state index contributed by atoms with van der Waals surface area (Å²) in [4.78, 5) is 9.78. The van der Waals surface area contributed by atoms with E-state index in [1.165, 1.54) is 0 Å². The Labute approximate surface area is 315 Å². The Hall–Kier alpha value is -4.54. The zero-order valence-corrected chi connectivity index (χ0v) is 34.5. The van der Waals surface area contributed by atoms with E-state index in [1.807, 2.05) is 36.7 Å². The molecule has 0 aliphatic rings. The van der Waals surface area contributed by atoms with Crippen LogP contribution < -0.4 is 14.3 Å². The van der Waals surface area contributed by atoms with Crippen molar-refractivity contribution < 1.29 is 18.9 Å². The molecule has 270 valence electrons. The fraction of sp³-hybridized carbons (Fsp3) is 0.273. The standard InChI is InChI=1S/C44H49BN2O4Si2/c1-43(2,3)52(7,8)50-37-23-21-31(34-17-13-25-46-41(34)37)39-29-15-11-12-16-30(29)40(36-27-28(45(48)49)19-20-33(36)39)32-22-24-38(42-35(32)18-14-26-47-42)51-53(9,10)44(4,5)6/h11-27,48-49H,1-10H3. The van der Waals surface area contributed by atoms with Crippen molar-refractivity contribution in [3.05, 3.63) is 103 Å². The molecule has 2 aromatic heterocycles. The molecule has 6 nitrogen and oxygen atoms in total. The van der Waals surface area contributed by atoms with Crippen molar-refractivity contribution in [1.29, 1.82) is 0 Å². The third-order valence-electron chi connectivity index (χ3n) is 11.7. The van der Waals surface area contributed by atoms with E-state index in [1.54, 1.807) is 6.07 Å². The third-order valence-corrected chi connectivity index (χ3v) is 20.4. The van der Waals surface area contributed by atoms with Gasteiger partial charge < -0.3 is 18.9 Å². The normalized spacial score (nSPS) is 12.9. The monoisotopic (exact) mass is 736 g/mol. The third kappa shape index (κ3) is 6.43. The van der Waals surface area contributed by atoms with Crippen LogP contribution in [0.4, 0.5) is 0 Å². The van der Waals surface area contributed by atoms with Crippen molar-refractivity contribution in [2.75, 3.05) is 0 Å². The number of aromatic nitrogens is 2. The van der Waals surface area contributed by atoms with Crippen molar-refractivity contribution in [3.63, 3.8) is 0 Å². The maximum atomic E-state index is 10.5. The second-order valence-corrected chi connectivity index (χ2v) is 26.7. The summed E-state index contributed by atoms with van der Waals surface area (Å²) in [5, 5.41) is 27.0. The molecule has 0 saturated carbocycles. The molecule has 2 N–H and O–H groups in total. The molecule has 7 rings (SSSR count). The van der Waals surface area contributed by atoms with Crippen LogP contribution in [0.2, 0.25) is 36.3 Å². The largest absolute Gasteiger partial charge is 0.542 e. The van der Waals surface area contributed by atoms with Crippen LogP contribution in [0.15, 0.2) is 103 Å². The fourth-order valence-corrected chi connectivity index (χ4v) is 8.73. The Balaban J connectivity index is 1.55. The Morgan fingerprint density at radius 1 is 0.509 bits per heavy atom. The molecule has 0 saturated heterocycles. The van der Waals surface area contributed by atoms with Crippen LogP contribution in [-0.4, -0.2) is 43.8 Å². The van der Waals surface area contributed by atoms with Crippen LogP contribution in [-0.2, 0) is 0 Å².